The summed E-state index contributed by atoms with van der Waals surface area (Å²) in [6, 6.07) is 7.38. The SMILES string of the molecule is CC(CCc1ccc(O)cc1)N(CCN(C)C)CC(=O)O. The van der Waals surface area contributed by atoms with Crippen LogP contribution in [0.1, 0.15) is 18.9 Å². The molecule has 0 saturated carbocycles. The van der Waals surface area contributed by atoms with Crippen LogP contribution in [-0.4, -0.2) is 65.8 Å². The van der Waals surface area contributed by atoms with E-state index in [9.17, 15) is 9.90 Å². The van der Waals surface area contributed by atoms with Gasteiger partial charge in [0.2, 0.25) is 0 Å². The number of carbonyl (C=O) groups is 1. The summed E-state index contributed by atoms with van der Waals surface area (Å²) in [5, 5.41) is 18.3. The van der Waals surface area contributed by atoms with E-state index in [1.165, 1.54) is 0 Å². The van der Waals surface area contributed by atoms with Crippen molar-refractivity contribution >= 4 is 5.97 Å². The van der Waals surface area contributed by atoms with Gasteiger partial charge in [-0.05, 0) is 51.6 Å². The Morgan fingerprint density at radius 1 is 1.19 bits per heavy atom. The summed E-state index contributed by atoms with van der Waals surface area (Å²) in [4.78, 5) is 15.0. The number of aliphatic carboxylic acids is 1. The van der Waals surface area contributed by atoms with Crippen molar-refractivity contribution in [2.45, 2.75) is 25.8 Å². The molecule has 0 fully saturated rings. The van der Waals surface area contributed by atoms with Gasteiger partial charge in [0.05, 0.1) is 6.54 Å². The highest BCUT2D eigenvalue weighted by atomic mass is 16.4. The number of carboxylic acid groups (broad SMARTS) is 1. The van der Waals surface area contributed by atoms with E-state index in [1.807, 2.05) is 31.1 Å². The monoisotopic (exact) mass is 294 g/mol. The third-order valence-electron chi connectivity index (χ3n) is 3.58. The second kappa shape index (κ2) is 8.64. The lowest BCUT2D eigenvalue weighted by Crippen LogP contribution is -2.41. The number of hydrogen-bond donors (Lipinski definition) is 2. The van der Waals surface area contributed by atoms with Crippen LogP contribution in [0.5, 0.6) is 5.75 Å². The Morgan fingerprint density at radius 2 is 1.81 bits per heavy atom. The molecule has 0 radical (unpaired) electrons. The minimum Gasteiger partial charge on any atom is -0.508 e. The Morgan fingerprint density at radius 3 is 2.33 bits per heavy atom. The summed E-state index contributed by atoms with van der Waals surface area (Å²) in [6.45, 7) is 3.73. The first-order valence-electron chi connectivity index (χ1n) is 7.27. The number of rotatable bonds is 9. The molecular formula is C16H26N2O3. The first-order chi connectivity index (χ1) is 9.88. The Labute approximate surface area is 126 Å². The lowest BCUT2D eigenvalue weighted by molar-refractivity contribution is -0.138. The van der Waals surface area contributed by atoms with Gasteiger partial charge in [-0.2, -0.15) is 0 Å². The summed E-state index contributed by atoms with van der Waals surface area (Å²) in [6.07, 6.45) is 1.77. The lowest BCUT2D eigenvalue weighted by Gasteiger charge is -2.28. The molecule has 2 N–H and O–H groups in total. The van der Waals surface area contributed by atoms with Crippen LogP contribution in [-0.2, 0) is 11.2 Å². The van der Waals surface area contributed by atoms with E-state index in [4.69, 9.17) is 5.11 Å². The van der Waals surface area contributed by atoms with Gasteiger partial charge in [0, 0.05) is 19.1 Å². The molecule has 1 aromatic carbocycles. The van der Waals surface area contributed by atoms with Crippen molar-refractivity contribution in [2.75, 3.05) is 33.7 Å². The zero-order chi connectivity index (χ0) is 15.8. The van der Waals surface area contributed by atoms with Gasteiger partial charge in [0.1, 0.15) is 5.75 Å². The van der Waals surface area contributed by atoms with Gasteiger partial charge >= 0.3 is 5.97 Å². The summed E-state index contributed by atoms with van der Waals surface area (Å²) >= 11 is 0. The van der Waals surface area contributed by atoms with Crippen molar-refractivity contribution in [1.29, 1.82) is 0 Å². The molecule has 0 aliphatic rings. The van der Waals surface area contributed by atoms with Gasteiger partial charge in [0.25, 0.3) is 0 Å². The molecule has 118 valence electrons. The number of aryl methyl sites for hydroxylation is 1. The number of carboxylic acids is 1. The molecule has 1 unspecified atom stereocenters. The first-order valence-corrected chi connectivity index (χ1v) is 7.27. The van der Waals surface area contributed by atoms with Crippen molar-refractivity contribution < 1.29 is 15.0 Å². The zero-order valence-corrected chi connectivity index (χ0v) is 13.1. The van der Waals surface area contributed by atoms with Crippen molar-refractivity contribution in [3.8, 4) is 5.75 Å². The quantitative estimate of drug-likeness (QED) is 0.725. The molecule has 0 aromatic heterocycles. The van der Waals surface area contributed by atoms with Crippen LogP contribution in [0.15, 0.2) is 24.3 Å². The number of nitrogens with zero attached hydrogens (tertiary/aromatic N) is 2. The highest BCUT2D eigenvalue weighted by Gasteiger charge is 2.16. The van der Waals surface area contributed by atoms with Gasteiger partial charge in [-0.25, -0.2) is 0 Å². The number of phenols is 1. The molecule has 0 saturated heterocycles. The van der Waals surface area contributed by atoms with Crippen LogP contribution in [0.4, 0.5) is 0 Å². The predicted molar refractivity (Wildman–Crippen MR) is 83.7 cm³/mol. The Kier molecular flexibility index (Phi) is 7.19. The maximum Gasteiger partial charge on any atom is 0.317 e. The molecule has 21 heavy (non-hydrogen) atoms. The second-order valence-corrected chi connectivity index (χ2v) is 5.72. The van der Waals surface area contributed by atoms with Gasteiger partial charge in [-0.1, -0.05) is 12.1 Å². The van der Waals surface area contributed by atoms with Crippen LogP contribution in [0.2, 0.25) is 0 Å². The minimum absolute atomic E-state index is 0.0740. The summed E-state index contributed by atoms with van der Waals surface area (Å²) in [5.41, 5.74) is 1.16. The molecular weight excluding hydrogens is 268 g/mol. The molecule has 0 amide bonds. The van der Waals surface area contributed by atoms with E-state index in [1.54, 1.807) is 12.1 Å². The summed E-state index contributed by atoms with van der Waals surface area (Å²) in [5.74, 6) is -0.518. The standard InChI is InChI=1S/C16H26N2O3/c1-13(4-5-14-6-8-15(19)9-7-14)18(12-16(20)21)11-10-17(2)3/h6-9,13,19H,4-5,10-12H2,1-3H3,(H,20,21). The predicted octanol–water partition coefficient (Wildman–Crippen LogP) is 1.66. The van der Waals surface area contributed by atoms with Crippen LogP contribution in [0.25, 0.3) is 0 Å². The fourth-order valence-corrected chi connectivity index (χ4v) is 2.18. The second-order valence-electron chi connectivity index (χ2n) is 5.72. The minimum atomic E-state index is -0.787. The average molecular weight is 294 g/mol. The van der Waals surface area contributed by atoms with E-state index in [2.05, 4.69) is 11.8 Å². The number of benzene rings is 1. The van der Waals surface area contributed by atoms with Crippen molar-refractivity contribution in [1.82, 2.24) is 9.80 Å². The lowest BCUT2D eigenvalue weighted by atomic mass is 10.0. The van der Waals surface area contributed by atoms with Crippen molar-refractivity contribution in [2.24, 2.45) is 0 Å². The highest BCUT2D eigenvalue weighted by molar-refractivity contribution is 5.69. The molecule has 5 nitrogen and oxygen atoms in total. The van der Waals surface area contributed by atoms with E-state index in [0.29, 0.717) is 0 Å². The molecule has 0 aliphatic carbocycles. The average Bonchev–Trinajstić information content (AvgIpc) is 2.42. The molecule has 0 heterocycles. The van der Waals surface area contributed by atoms with Gasteiger partial charge < -0.3 is 15.1 Å². The van der Waals surface area contributed by atoms with Gasteiger partial charge in [-0.15, -0.1) is 0 Å². The van der Waals surface area contributed by atoms with E-state index in [-0.39, 0.29) is 18.3 Å². The van der Waals surface area contributed by atoms with E-state index >= 15 is 0 Å². The third-order valence-corrected chi connectivity index (χ3v) is 3.58. The zero-order valence-electron chi connectivity index (χ0n) is 13.1. The van der Waals surface area contributed by atoms with Crippen molar-refractivity contribution in [3.05, 3.63) is 29.8 Å². The van der Waals surface area contributed by atoms with Crippen molar-refractivity contribution in [3.63, 3.8) is 0 Å². The maximum atomic E-state index is 11.0. The molecule has 0 bridgehead atoms. The topological polar surface area (TPSA) is 64.0 Å². The van der Waals surface area contributed by atoms with Crippen LogP contribution in [0, 0.1) is 0 Å². The normalized spacial score (nSPS) is 12.8. The van der Waals surface area contributed by atoms with Crippen LogP contribution >= 0.6 is 0 Å². The summed E-state index contributed by atoms with van der Waals surface area (Å²) < 4.78 is 0. The number of hydrogen-bond acceptors (Lipinski definition) is 4. The Bertz CT molecular complexity index is 432. The number of phenolic OH excluding ortho intramolecular Hbond substituents is 1. The number of aromatic hydroxyl groups is 1. The number of likely N-dealkylation sites (N-methyl/N-ethyl adjacent to an activating group) is 1. The summed E-state index contributed by atoms with van der Waals surface area (Å²) in [7, 11) is 3.97. The fourth-order valence-electron chi connectivity index (χ4n) is 2.18. The molecule has 0 spiro atoms. The molecule has 1 rings (SSSR count). The van der Waals surface area contributed by atoms with Crippen LogP contribution in [0.3, 0.4) is 0 Å². The fraction of sp³-hybridized carbons (Fsp3) is 0.562. The van der Waals surface area contributed by atoms with E-state index in [0.717, 1.165) is 31.5 Å². The van der Waals surface area contributed by atoms with E-state index < -0.39 is 5.97 Å². The van der Waals surface area contributed by atoms with Gasteiger partial charge in [-0.3, -0.25) is 9.69 Å². The Hall–Kier alpha value is -1.59. The first kappa shape index (κ1) is 17.5. The highest BCUT2D eigenvalue weighted by Crippen LogP contribution is 2.13. The maximum absolute atomic E-state index is 11.0. The molecule has 5 heteroatoms. The molecule has 0 aliphatic heterocycles. The smallest absolute Gasteiger partial charge is 0.317 e. The Balaban J connectivity index is 2.52. The third kappa shape index (κ3) is 7.11. The molecule has 1 aromatic rings. The van der Waals surface area contributed by atoms with Crippen LogP contribution < -0.4 is 0 Å². The van der Waals surface area contributed by atoms with Gasteiger partial charge in [0.15, 0.2) is 0 Å². The largest absolute Gasteiger partial charge is 0.508 e. The molecule has 1 atom stereocenters.